The van der Waals surface area contributed by atoms with E-state index in [1.54, 1.807) is 18.3 Å². The third kappa shape index (κ3) is 4.80. The number of amides is 2. The molecule has 0 spiro atoms. The number of hydrogen-bond donors (Lipinski definition) is 2. The van der Waals surface area contributed by atoms with Crippen LogP contribution in [0.2, 0.25) is 0 Å². The molecule has 2 aromatic carbocycles. The van der Waals surface area contributed by atoms with Crippen molar-refractivity contribution in [3.8, 4) is 5.75 Å². The molecule has 0 aliphatic carbocycles. The van der Waals surface area contributed by atoms with E-state index in [2.05, 4.69) is 15.6 Å². The molecule has 2 amide bonds. The summed E-state index contributed by atoms with van der Waals surface area (Å²) >= 11 is 1.25. The molecule has 0 saturated carbocycles. The fourth-order valence-electron chi connectivity index (χ4n) is 3.05. The van der Waals surface area contributed by atoms with Gasteiger partial charge in [0.2, 0.25) is 5.91 Å². The molecule has 1 aliphatic rings. The number of thiazole rings is 1. The summed E-state index contributed by atoms with van der Waals surface area (Å²) in [6, 6.07) is 9.00. The van der Waals surface area contributed by atoms with Crippen LogP contribution in [0.25, 0.3) is 0 Å². The smallest absolute Gasteiger partial charge is 0.264 e. The van der Waals surface area contributed by atoms with Crippen LogP contribution in [-0.2, 0) is 22.4 Å². The lowest BCUT2D eigenvalue weighted by atomic mass is 10.0. The van der Waals surface area contributed by atoms with E-state index in [-0.39, 0.29) is 18.4 Å². The zero-order valence-corrected chi connectivity index (χ0v) is 16.5. The molecule has 1 aromatic heterocycles. The standard InChI is InChI=1S/C21H17F2N3O3S/c22-16-4-1-12(8-17(16)23)7-15-10-24-21(30-15)26-20(28)11-29-14-3-5-18-13(9-14)2-6-19(27)25-18/h1,3-5,8-10H,2,6-7,11H2,(H,25,27)(H,24,26,28). The number of nitrogens with one attached hydrogen (secondary N) is 2. The Morgan fingerprint density at radius 1 is 1.17 bits per heavy atom. The van der Waals surface area contributed by atoms with Crippen LogP contribution in [0.1, 0.15) is 22.4 Å². The molecule has 4 rings (SSSR count). The average Bonchev–Trinajstić information content (AvgIpc) is 3.15. The maximum Gasteiger partial charge on any atom is 0.264 e. The summed E-state index contributed by atoms with van der Waals surface area (Å²) < 4.78 is 31.9. The molecular formula is C21H17F2N3O3S. The zero-order chi connectivity index (χ0) is 21.1. The fraction of sp³-hybridized carbons (Fsp3) is 0.190. The van der Waals surface area contributed by atoms with Gasteiger partial charge in [-0.05, 0) is 47.9 Å². The van der Waals surface area contributed by atoms with E-state index in [0.29, 0.717) is 35.7 Å². The Kier molecular flexibility index (Phi) is 5.71. The lowest BCUT2D eigenvalue weighted by Crippen LogP contribution is -2.21. The molecule has 2 N–H and O–H groups in total. The number of carbonyl (C=O) groups excluding carboxylic acids is 2. The van der Waals surface area contributed by atoms with Crippen molar-refractivity contribution in [2.75, 3.05) is 17.2 Å². The van der Waals surface area contributed by atoms with Crippen LogP contribution in [0.3, 0.4) is 0 Å². The van der Waals surface area contributed by atoms with Crippen LogP contribution in [-0.4, -0.2) is 23.4 Å². The predicted molar refractivity (Wildman–Crippen MR) is 109 cm³/mol. The van der Waals surface area contributed by atoms with Gasteiger partial charge in [0.25, 0.3) is 5.91 Å². The first-order chi connectivity index (χ1) is 14.5. The van der Waals surface area contributed by atoms with Crippen molar-refractivity contribution in [2.24, 2.45) is 0 Å². The first-order valence-corrected chi connectivity index (χ1v) is 10.0. The maximum atomic E-state index is 13.3. The van der Waals surface area contributed by atoms with Gasteiger partial charge in [-0.25, -0.2) is 13.8 Å². The summed E-state index contributed by atoms with van der Waals surface area (Å²) in [6.45, 7) is -0.191. The Labute approximate surface area is 174 Å². The molecule has 0 saturated heterocycles. The van der Waals surface area contributed by atoms with Gasteiger partial charge >= 0.3 is 0 Å². The molecule has 30 heavy (non-hydrogen) atoms. The molecule has 6 nitrogen and oxygen atoms in total. The molecular weight excluding hydrogens is 412 g/mol. The van der Waals surface area contributed by atoms with Crippen molar-refractivity contribution in [1.82, 2.24) is 4.98 Å². The van der Waals surface area contributed by atoms with Crippen molar-refractivity contribution in [2.45, 2.75) is 19.3 Å². The highest BCUT2D eigenvalue weighted by atomic mass is 32.1. The van der Waals surface area contributed by atoms with Gasteiger partial charge in [0.05, 0.1) is 0 Å². The van der Waals surface area contributed by atoms with Gasteiger partial charge in [0.15, 0.2) is 23.4 Å². The molecule has 2 heterocycles. The number of carbonyl (C=O) groups is 2. The van der Waals surface area contributed by atoms with Gasteiger partial charge in [0.1, 0.15) is 5.75 Å². The highest BCUT2D eigenvalue weighted by Crippen LogP contribution is 2.27. The number of aromatic nitrogens is 1. The second kappa shape index (κ2) is 8.58. The largest absolute Gasteiger partial charge is 0.484 e. The number of aryl methyl sites for hydroxylation is 1. The summed E-state index contributed by atoms with van der Waals surface area (Å²) in [6.07, 6.45) is 3.02. The van der Waals surface area contributed by atoms with Crippen LogP contribution >= 0.6 is 11.3 Å². The summed E-state index contributed by atoms with van der Waals surface area (Å²) in [4.78, 5) is 28.5. The SMILES string of the molecule is O=C(COc1ccc2c(c1)CCC(=O)N2)Nc1ncc(Cc2ccc(F)c(F)c2)s1. The van der Waals surface area contributed by atoms with Gasteiger partial charge in [-0.15, -0.1) is 11.3 Å². The van der Waals surface area contributed by atoms with E-state index < -0.39 is 11.6 Å². The van der Waals surface area contributed by atoms with Gasteiger partial charge < -0.3 is 10.1 Å². The minimum absolute atomic E-state index is 0.0112. The quantitative estimate of drug-likeness (QED) is 0.623. The van der Waals surface area contributed by atoms with E-state index in [1.807, 2.05) is 6.07 Å². The molecule has 0 fully saturated rings. The zero-order valence-electron chi connectivity index (χ0n) is 15.7. The summed E-state index contributed by atoms with van der Waals surface area (Å²) in [5.74, 6) is -1.62. The first-order valence-electron chi connectivity index (χ1n) is 9.20. The molecule has 3 aromatic rings. The number of hydrogen-bond acceptors (Lipinski definition) is 5. The molecule has 0 atom stereocenters. The van der Waals surface area contributed by atoms with Gasteiger partial charge in [0, 0.05) is 29.6 Å². The second-order valence-corrected chi connectivity index (χ2v) is 7.88. The fourth-order valence-corrected chi connectivity index (χ4v) is 3.91. The Morgan fingerprint density at radius 2 is 2.03 bits per heavy atom. The van der Waals surface area contributed by atoms with Crippen LogP contribution in [0.15, 0.2) is 42.6 Å². The first kappa shape index (κ1) is 20.0. The molecule has 0 radical (unpaired) electrons. The van der Waals surface area contributed by atoms with E-state index in [9.17, 15) is 18.4 Å². The molecule has 154 valence electrons. The van der Waals surface area contributed by atoms with Gasteiger partial charge in [-0.3, -0.25) is 14.9 Å². The Bertz CT molecular complexity index is 1120. The van der Waals surface area contributed by atoms with Crippen LogP contribution in [0.4, 0.5) is 19.6 Å². The number of halogens is 2. The van der Waals surface area contributed by atoms with Crippen molar-refractivity contribution in [1.29, 1.82) is 0 Å². The Morgan fingerprint density at radius 3 is 2.87 bits per heavy atom. The normalized spacial score (nSPS) is 12.8. The lowest BCUT2D eigenvalue weighted by Gasteiger charge is -2.17. The number of nitrogens with zero attached hydrogens (tertiary/aromatic N) is 1. The van der Waals surface area contributed by atoms with Crippen molar-refractivity contribution in [3.05, 3.63) is 70.2 Å². The minimum atomic E-state index is -0.896. The topological polar surface area (TPSA) is 80.3 Å². The van der Waals surface area contributed by atoms with Crippen molar-refractivity contribution >= 4 is 34.0 Å². The Balaban J connectivity index is 1.30. The van der Waals surface area contributed by atoms with Crippen molar-refractivity contribution < 1.29 is 23.1 Å². The van der Waals surface area contributed by atoms with E-state index in [0.717, 1.165) is 28.3 Å². The van der Waals surface area contributed by atoms with Crippen LogP contribution in [0, 0.1) is 11.6 Å². The number of rotatable bonds is 6. The minimum Gasteiger partial charge on any atom is -0.484 e. The maximum absolute atomic E-state index is 13.3. The molecule has 0 unspecified atom stereocenters. The third-order valence-corrected chi connectivity index (χ3v) is 5.42. The summed E-state index contributed by atoms with van der Waals surface area (Å²) in [5.41, 5.74) is 2.34. The van der Waals surface area contributed by atoms with E-state index in [4.69, 9.17) is 4.74 Å². The molecule has 1 aliphatic heterocycles. The van der Waals surface area contributed by atoms with Crippen LogP contribution < -0.4 is 15.4 Å². The number of anilines is 2. The van der Waals surface area contributed by atoms with Crippen molar-refractivity contribution in [3.63, 3.8) is 0 Å². The lowest BCUT2D eigenvalue weighted by molar-refractivity contribution is -0.118. The molecule has 9 heteroatoms. The monoisotopic (exact) mass is 429 g/mol. The highest BCUT2D eigenvalue weighted by molar-refractivity contribution is 7.15. The van der Waals surface area contributed by atoms with Gasteiger partial charge in [-0.1, -0.05) is 6.07 Å². The third-order valence-electron chi connectivity index (χ3n) is 4.50. The van der Waals surface area contributed by atoms with E-state index in [1.165, 1.54) is 17.4 Å². The molecule has 0 bridgehead atoms. The van der Waals surface area contributed by atoms with Crippen LogP contribution in [0.5, 0.6) is 5.75 Å². The number of ether oxygens (including phenoxy) is 1. The van der Waals surface area contributed by atoms with E-state index >= 15 is 0 Å². The Hall–Kier alpha value is -3.33. The number of benzene rings is 2. The average molecular weight is 429 g/mol. The summed E-state index contributed by atoms with van der Waals surface area (Å²) in [5, 5.41) is 5.85. The predicted octanol–water partition coefficient (Wildman–Crippen LogP) is 3.91. The highest BCUT2D eigenvalue weighted by Gasteiger charge is 2.15. The van der Waals surface area contributed by atoms with Gasteiger partial charge in [-0.2, -0.15) is 0 Å². The summed E-state index contributed by atoms with van der Waals surface area (Å²) in [7, 11) is 0. The number of fused-ring (bicyclic) bond motifs is 1. The second-order valence-electron chi connectivity index (χ2n) is 6.76.